The second kappa shape index (κ2) is 5.61. The van der Waals surface area contributed by atoms with E-state index in [4.69, 9.17) is 4.74 Å². The molecule has 7 heteroatoms. The van der Waals surface area contributed by atoms with E-state index in [0.717, 1.165) is 6.54 Å². The zero-order valence-electron chi connectivity index (χ0n) is 12.0. The number of pyridine rings is 1. The van der Waals surface area contributed by atoms with Crippen LogP contribution in [0.25, 0.3) is 10.9 Å². The van der Waals surface area contributed by atoms with E-state index in [2.05, 4.69) is 20.3 Å². The van der Waals surface area contributed by atoms with Gasteiger partial charge in [-0.15, -0.1) is 0 Å². The van der Waals surface area contributed by atoms with Crippen LogP contribution in [0, 0.1) is 0 Å². The lowest BCUT2D eigenvalue weighted by Gasteiger charge is -2.36. The molecular weight excluding hydrogens is 270 g/mol. The van der Waals surface area contributed by atoms with E-state index in [1.807, 2.05) is 13.8 Å². The fourth-order valence-electron chi connectivity index (χ4n) is 2.38. The molecule has 2 aromatic heterocycles. The van der Waals surface area contributed by atoms with Gasteiger partial charge in [0.05, 0.1) is 17.1 Å². The smallest absolute Gasteiger partial charge is 0.390 e. The van der Waals surface area contributed by atoms with Crippen molar-refractivity contribution in [3.63, 3.8) is 0 Å². The van der Waals surface area contributed by atoms with E-state index >= 15 is 0 Å². The number of carbonyl (C=O) groups excluding carboxylic acids is 1. The molecule has 2 atom stereocenters. The van der Waals surface area contributed by atoms with Crippen LogP contribution < -0.4 is 10.1 Å². The van der Waals surface area contributed by atoms with Gasteiger partial charge in [0.15, 0.2) is 0 Å². The molecule has 0 aliphatic carbocycles. The lowest BCUT2D eigenvalue weighted by atomic mass is 10.1. The highest BCUT2D eigenvalue weighted by Crippen LogP contribution is 2.21. The minimum Gasteiger partial charge on any atom is -0.390 e. The molecule has 110 valence electrons. The van der Waals surface area contributed by atoms with Crippen LogP contribution in [0.1, 0.15) is 13.8 Å². The van der Waals surface area contributed by atoms with Crippen molar-refractivity contribution >= 4 is 17.0 Å². The maximum Gasteiger partial charge on any atom is 0.416 e. The van der Waals surface area contributed by atoms with E-state index in [-0.39, 0.29) is 24.1 Å². The monoisotopic (exact) mass is 287 g/mol. The highest BCUT2D eigenvalue weighted by Gasteiger charge is 2.28. The Bertz CT molecular complexity index is 657. The molecule has 1 aliphatic rings. The number of amides is 1. The van der Waals surface area contributed by atoms with E-state index in [9.17, 15) is 4.79 Å². The van der Waals surface area contributed by atoms with Crippen LogP contribution in [0.4, 0.5) is 4.79 Å². The molecule has 1 aliphatic heterocycles. The minimum atomic E-state index is -0.382. The first kappa shape index (κ1) is 13.7. The standard InChI is InChI=1S/C14H17N5O2/c1-9-7-19(10(2)5-16-9)14(20)21-13-11-3-4-15-6-12(11)17-8-18-13/h3-4,6,8-10,16H,5,7H2,1-2H3. The van der Waals surface area contributed by atoms with E-state index < -0.39 is 0 Å². The fourth-order valence-corrected chi connectivity index (χ4v) is 2.38. The van der Waals surface area contributed by atoms with Crippen LogP contribution in [0.2, 0.25) is 0 Å². The van der Waals surface area contributed by atoms with Crippen LogP contribution in [-0.4, -0.2) is 51.1 Å². The molecular formula is C14H17N5O2. The van der Waals surface area contributed by atoms with Gasteiger partial charge in [-0.3, -0.25) is 4.98 Å². The molecule has 1 saturated heterocycles. The van der Waals surface area contributed by atoms with Gasteiger partial charge in [0.1, 0.15) is 6.33 Å². The van der Waals surface area contributed by atoms with Gasteiger partial charge in [0, 0.05) is 31.4 Å². The Morgan fingerprint density at radius 3 is 3.14 bits per heavy atom. The number of piperazine rings is 1. The summed E-state index contributed by atoms with van der Waals surface area (Å²) >= 11 is 0. The molecule has 0 bridgehead atoms. The summed E-state index contributed by atoms with van der Waals surface area (Å²) in [6.45, 7) is 5.40. The minimum absolute atomic E-state index is 0.0865. The molecule has 0 spiro atoms. The maximum atomic E-state index is 12.4. The number of rotatable bonds is 1. The van der Waals surface area contributed by atoms with Crippen molar-refractivity contribution in [1.82, 2.24) is 25.2 Å². The van der Waals surface area contributed by atoms with Gasteiger partial charge < -0.3 is 15.0 Å². The number of nitrogens with one attached hydrogen (secondary N) is 1. The van der Waals surface area contributed by atoms with Crippen LogP contribution in [0.5, 0.6) is 5.88 Å². The molecule has 1 amide bonds. The third kappa shape index (κ3) is 2.78. The second-order valence-corrected chi connectivity index (χ2v) is 5.25. The summed E-state index contributed by atoms with van der Waals surface area (Å²) in [4.78, 5) is 26.2. The number of fused-ring (bicyclic) bond motifs is 1. The van der Waals surface area contributed by atoms with Crippen LogP contribution >= 0.6 is 0 Å². The van der Waals surface area contributed by atoms with Crippen molar-refractivity contribution in [2.45, 2.75) is 25.9 Å². The Balaban J connectivity index is 1.83. The molecule has 1 fully saturated rings. The van der Waals surface area contributed by atoms with Gasteiger partial charge in [0.25, 0.3) is 0 Å². The number of aromatic nitrogens is 3. The predicted octanol–water partition coefficient (Wildman–Crippen LogP) is 1.21. The van der Waals surface area contributed by atoms with E-state index in [1.165, 1.54) is 6.33 Å². The topological polar surface area (TPSA) is 80.2 Å². The first-order valence-corrected chi connectivity index (χ1v) is 6.91. The van der Waals surface area contributed by atoms with Crippen LogP contribution in [0.3, 0.4) is 0 Å². The normalized spacial score (nSPS) is 22.3. The van der Waals surface area contributed by atoms with E-state index in [0.29, 0.717) is 17.4 Å². The third-order valence-corrected chi connectivity index (χ3v) is 3.59. The molecule has 3 rings (SSSR count). The van der Waals surface area contributed by atoms with Gasteiger partial charge in [-0.05, 0) is 19.9 Å². The summed E-state index contributed by atoms with van der Waals surface area (Å²) in [5.41, 5.74) is 0.650. The lowest BCUT2D eigenvalue weighted by molar-refractivity contribution is 0.112. The summed E-state index contributed by atoms with van der Waals surface area (Å²) in [5, 5.41) is 4.00. The molecule has 3 heterocycles. The first-order valence-electron chi connectivity index (χ1n) is 6.91. The quantitative estimate of drug-likeness (QED) is 0.849. The van der Waals surface area contributed by atoms with Crippen LogP contribution in [-0.2, 0) is 0 Å². The Morgan fingerprint density at radius 1 is 1.43 bits per heavy atom. The van der Waals surface area contributed by atoms with E-state index in [1.54, 1.807) is 23.4 Å². The summed E-state index contributed by atoms with van der Waals surface area (Å²) in [6.07, 6.45) is 4.23. The molecule has 0 aromatic carbocycles. The largest absolute Gasteiger partial charge is 0.416 e. The first-order chi connectivity index (χ1) is 10.1. The van der Waals surface area contributed by atoms with Gasteiger partial charge in [-0.25, -0.2) is 14.8 Å². The molecule has 7 nitrogen and oxygen atoms in total. The lowest BCUT2D eigenvalue weighted by Crippen LogP contribution is -2.56. The van der Waals surface area contributed by atoms with Gasteiger partial charge in [0.2, 0.25) is 5.88 Å². The summed E-state index contributed by atoms with van der Waals surface area (Å²) in [5.74, 6) is 0.269. The van der Waals surface area contributed by atoms with Crippen molar-refractivity contribution in [1.29, 1.82) is 0 Å². The zero-order chi connectivity index (χ0) is 14.8. The van der Waals surface area contributed by atoms with Crippen molar-refractivity contribution in [2.24, 2.45) is 0 Å². The molecule has 2 aromatic rings. The van der Waals surface area contributed by atoms with Crippen molar-refractivity contribution < 1.29 is 9.53 Å². The molecule has 1 N–H and O–H groups in total. The van der Waals surface area contributed by atoms with Crippen molar-refractivity contribution in [2.75, 3.05) is 13.1 Å². The fraction of sp³-hybridized carbons (Fsp3) is 0.429. The summed E-state index contributed by atoms with van der Waals surface area (Å²) in [7, 11) is 0. The Morgan fingerprint density at radius 2 is 2.29 bits per heavy atom. The highest BCUT2D eigenvalue weighted by atomic mass is 16.6. The SMILES string of the molecule is CC1CN(C(=O)Oc2ncnc3cnccc23)C(C)CN1. The number of hydrogen-bond donors (Lipinski definition) is 1. The van der Waals surface area contributed by atoms with Crippen molar-refractivity contribution in [3.8, 4) is 5.88 Å². The number of ether oxygens (including phenoxy) is 1. The number of hydrogen-bond acceptors (Lipinski definition) is 6. The third-order valence-electron chi connectivity index (χ3n) is 3.59. The molecule has 0 radical (unpaired) electrons. The number of carbonyl (C=O) groups is 1. The van der Waals surface area contributed by atoms with Gasteiger partial charge in [-0.2, -0.15) is 0 Å². The second-order valence-electron chi connectivity index (χ2n) is 5.25. The average Bonchev–Trinajstić information content (AvgIpc) is 2.50. The molecule has 0 saturated carbocycles. The molecule has 21 heavy (non-hydrogen) atoms. The zero-order valence-corrected chi connectivity index (χ0v) is 12.0. The summed E-state index contributed by atoms with van der Waals surface area (Å²) in [6, 6.07) is 2.07. The Kier molecular flexibility index (Phi) is 3.66. The van der Waals surface area contributed by atoms with Gasteiger partial charge in [-0.1, -0.05) is 0 Å². The average molecular weight is 287 g/mol. The maximum absolute atomic E-state index is 12.4. The Hall–Kier alpha value is -2.28. The predicted molar refractivity (Wildman–Crippen MR) is 77.0 cm³/mol. The highest BCUT2D eigenvalue weighted by molar-refractivity contribution is 5.84. The Labute approximate surface area is 122 Å². The van der Waals surface area contributed by atoms with Gasteiger partial charge >= 0.3 is 6.09 Å². The van der Waals surface area contributed by atoms with Crippen LogP contribution in [0.15, 0.2) is 24.8 Å². The van der Waals surface area contributed by atoms with Crippen molar-refractivity contribution in [3.05, 3.63) is 24.8 Å². The molecule has 2 unspecified atom stereocenters. The summed E-state index contributed by atoms with van der Waals surface area (Å²) < 4.78 is 5.47. The number of nitrogens with zero attached hydrogens (tertiary/aromatic N) is 4.